The molecular weight excluding hydrogens is 284 g/mol. The van der Waals surface area contributed by atoms with Crippen molar-refractivity contribution in [2.24, 2.45) is 0 Å². The fourth-order valence-corrected chi connectivity index (χ4v) is 3.37. The summed E-state index contributed by atoms with van der Waals surface area (Å²) in [6.07, 6.45) is 6.67. The number of phenolic OH excluding ortho intramolecular Hbond substituents is 1. The molecule has 0 amide bonds. The van der Waals surface area contributed by atoms with Crippen molar-refractivity contribution in [2.75, 3.05) is 0 Å². The Morgan fingerprint density at radius 3 is 1.91 bits per heavy atom. The van der Waals surface area contributed by atoms with E-state index in [-0.39, 0.29) is 5.41 Å². The summed E-state index contributed by atoms with van der Waals surface area (Å²) in [6, 6.07) is 16.0. The van der Waals surface area contributed by atoms with Crippen LogP contribution >= 0.6 is 0 Å². The first-order valence-electron chi connectivity index (χ1n) is 8.62. The van der Waals surface area contributed by atoms with Gasteiger partial charge < -0.3 is 9.84 Å². The first-order valence-corrected chi connectivity index (χ1v) is 8.62. The highest BCUT2D eigenvalue weighted by molar-refractivity contribution is 5.41. The number of benzene rings is 2. The minimum Gasteiger partial charge on any atom is -0.508 e. The van der Waals surface area contributed by atoms with Crippen molar-refractivity contribution >= 4 is 0 Å². The van der Waals surface area contributed by atoms with Gasteiger partial charge in [0.05, 0.1) is 6.10 Å². The van der Waals surface area contributed by atoms with Crippen LogP contribution in [0.1, 0.15) is 57.1 Å². The van der Waals surface area contributed by atoms with Gasteiger partial charge in [0.15, 0.2) is 0 Å². The Labute approximate surface area is 139 Å². The molecule has 0 heterocycles. The van der Waals surface area contributed by atoms with E-state index in [9.17, 15) is 5.11 Å². The van der Waals surface area contributed by atoms with Crippen LogP contribution < -0.4 is 4.74 Å². The van der Waals surface area contributed by atoms with Gasteiger partial charge in [-0.2, -0.15) is 0 Å². The molecule has 23 heavy (non-hydrogen) atoms. The average molecular weight is 310 g/mol. The summed E-state index contributed by atoms with van der Waals surface area (Å²) in [4.78, 5) is 0. The topological polar surface area (TPSA) is 29.5 Å². The first kappa shape index (κ1) is 15.9. The molecule has 2 heteroatoms. The minimum absolute atomic E-state index is 0.100. The standard InChI is InChI=1S/C21H26O2/c1-21(2,16-8-12-18(22)13-9-16)17-10-14-20(15-11-17)23-19-6-4-3-5-7-19/h8-15,19,22H,3-7H2,1-2H3. The van der Waals surface area contributed by atoms with E-state index < -0.39 is 0 Å². The Hall–Kier alpha value is -1.96. The van der Waals surface area contributed by atoms with Gasteiger partial charge in [-0.15, -0.1) is 0 Å². The smallest absolute Gasteiger partial charge is 0.119 e. The van der Waals surface area contributed by atoms with Crippen molar-refractivity contribution in [3.8, 4) is 11.5 Å². The number of ether oxygens (including phenoxy) is 1. The van der Waals surface area contributed by atoms with Gasteiger partial charge in [0, 0.05) is 5.41 Å². The van der Waals surface area contributed by atoms with Gasteiger partial charge in [-0.25, -0.2) is 0 Å². The summed E-state index contributed by atoms with van der Waals surface area (Å²) in [5.41, 5.74) is 2.34. The molecule has 0 atom stereocenters. The molecule has 1 aliphatic rings. The molecule has 0 saturated heterocycles. The lowest BCUT2D eigenvalue weighted by molar-refractivity contribution is 0.155. The van der Waals surface area contributed by atoms with Gasteiger partial charge in [-0.1, -0.05) is 44.5 Å². The number of phenols is 1. The highest BCUT2D eigenvalue weighted by Gasteiger charge is 2.23. The van der Waals surface area contributed by atoms with Crippen molar-refractivity contribution in [3.05, 3.63) is 59.7 Å². The Balaban J connectivity index is 1.73. The van der Waals surface area contributed by atoms with Crippen LogP contribution in [0.2, 0.25) is 0 Å². The van der Waals surface area contributed by atoms with E-state index in [0.29, 0.717) is 11.9 Å². The monoisotopic (exact) mass is 310 g/mol. The molecule has 0 unspecified atom stereocenters. The molecule has 0 radical (unpaired) electrons. The number of hydrogen-bond acceptors (Lipinski definition) is 2. The molecule has 2 aromatic carbocycles. The van der Waals surface area contributed by atoms with E-state index in [1.54, 1.807) is 12.1 Å². The largest absolute Gasteiger partial charge is 0.508 e. The van der Waals surface area contributed by atoms with Crippen LogP contribution in [0.15, 0.2) is 48.5 Å². The van der Waals surface area contributed by atoms with Crippen LogP contribution in [0.25, 0.3) is 0 Å². The van der Waals surface area contributed by atoms with Crippen LogP contribution in [0.4, 0.5) is 0 Å². The molecule has 1 saturated carbocycles. The van der Waals surface area contributed by atoms with E-state index in [2.05, 4.69) is 38.1 Å². The van der Waals surface area contributed by atoms with Crippen molar-refractivity contribution < 1.29 is 9.84 Å². The molecule has 0 aliphatic heterocycles. The molecule has 0 spiro atoms. The van der Waals surface area contributed by atoms with Gasteiger partial charge >= 0.3 is 0 Å². The zero-order valence-electron chi connectivity index (χ0n) is 14.1. The van der Waals surface area contributed by atoms with E-state index in [4.69, 9.17) is 4.74 Å². The average Bonchev–Trinajstić information content (AvgIpc) is 2.57. The Kier molecular flexibility index (Phi) is 4.61. The normalized spacial score (nSPS) is 16.3. The molecule has 2 aromatic rings. The lowest BCUT2D eigenvalue weighted by atomic mass is 9.78. The molecule has 1 N–H and O–H groups in total. The Morgan fingerprint density at radius 1 is 0.826 bits per heavy atom. The molecule has 0 bridgehead atoms. The van der Waals surface area contributed by atoms with Crippen LogP contribution in [0, 0.1) is 0 Å². The van der Waals surface area contributed by atoms with E-state index in [1.165, 1.54) is 43.2 Å². The Bertz CT molecular complexity index is 620. The zero-order chi connectivity index (χ0) is 16.3. The van der Waals surface area contributed by atoms with Crippen molar-refractivity contribution in [1.82, 2.24) is 0 Å². The molecule has 1 aliphatic carbocycles. The van der Waals surface area contributed by atoms with Crippen molar-refractivity contribution in [2.45, 2.75) is 57.5 Å². The maximum Gasteiger partial charge on any atom is 0.119 e. The second-order valence-corrected chi connectivity index (χ2v) is 7.07. The number of aromatic hydroxyl groups is 1. The van der Waals surface area contributed by atoms with E-state index in [1.807, 2.05) is 12.1 Å². The van der Waals surface area contributed by atoms with Gasteiger partial charge in [-0.05, 0) is 61.1 Å². The summed E-state index contributed by atoms with van der Waals surface area (Å²) < 4.78 is 6.11. The van der Waals surface area contributed by atoms with E-state index >= 15 is 0 Å². The molecule has 3 rings (SSSR count). The summed E-state index contributed by atoms with van der Waals surface area (Å²) in [6.45, 7) is 4.41. The summed E-state index contributed by atoms with van der Waals surface area (Å²) >= 11 is 0. The van der Waals surface area contributed by atoms with Gasteiger partial charge in [0.25, 0.3) is 0 Å². The third-order valence-electron chi connectivity index (χ3n) is 5.02. The molecule has 1 fully saturated rings. The van der Waals surface area contributed by atoms with Crippen molar-refractivity contribution in [1.29, 1.82) is 0 Å². The van der Waals surface area contributed by atoms with Gasteiger partial charge in [-0.3, -0.25) is 0 Å². The maximum atomic E-state index is 9.47. The fraction of sp³-hybridized carbons (Fsp3) is 0.429. The predicted octanol–water partition coefficient (Wildman–Crippen LogP) is 5.43. The van der Waals surface area contributed by atoms with Crippen LogP contribution in [-0.4, -0.2) is 11.2 Å². The summed E-state index contributed by atoms with van der Waals surface area (Å²) in [7, 11) is 0. The summed E-state index contributed by atoms with van der Waals surface area (Å²) in [5, 5.41) is 9.47. The lowest BCUT2D eigenvalue weighted by Crippen LogP contribution is -2.20. The van der Waals surface area contributed by atoms with Gasteiger partial charge in [0.2, 0.25) is 0 Å². The second kappa shape index (κ2) is 6.66. The van der Waals surface area contributed by atoms with Crippen LogP contribution in [0.5, 0.6) is 11.5 Å². The quantitative estimate of drug-likeness (QED) is 0.816. The SMILES string of the molecule is CC(C)(c1ccc(O)cc1)c1ccc(OC2CCCCC2)cc1. The fourth-order valence-electron chi connectivity index (χ4n) is 3.37. The van der Waals surface area contributed by atoms with Crippen LogP contribution in [-0.2, 0) is 5.41 Å². The third-order valence-corrected chi connectivity index (χ3v) is 5.02. The highest BCUT2D eigenvalue weighted by atomic mass is 16.5. The van der Waals surface area contributed by atoms with E-state index in [0.717, 1.165) is 5.75 Å². The highest BCUT2D eigenvalue weighted by Crippen LogP contribution is 2.33. The molecule has 0 aromatic heterocycles. The molecule has 2 nitrogen and oxygen atoms in total. The van der Waals surface area contributed by atoms with Crippen molar-refractivity contribution in [3.63, 3.8) is 0 Å². The third kappa shape index (κ3) is 3.69. The molecule has 122 valence electrons. The minimum atomic E-state index is -0.100. The second-order valence-electron chi connectivity index (χ2n) is 7.07. The molecular formula is C21H26O2. The predicted molar refractivity (Wildman–Crippen MR) is 94.2 cm³/mol. The number of rotatable bonds is 4. The van der Waals surface area contributed by atoms with Crippen LogP contribution in [0.3, 0.4) is 0 Å². The first-order chi connectivity index (χ1) is 11.1. The maximum absolute atomic E-state index is 9.47. The number of hydrogen-bond donors (Lipinski definition) is 1. The summed E-state index contributed by atoms with van der Waals surface area (Å²) in [5.74, 6) is 1.28. The zero-order valence-corrected chi connectivity index (χ0v) is 14.1. The Morgan fingerprint density at radius 2 is 1.35 bits per heavy atom. The lowest BCUT2D eigenvalue weighted by Gasteiger charge is -2.27. The van der Waals surface area contributed by atoms with Gasteiger partial charge in [0.1, 0.15) is 11.5 Å².